The molecule has 4 rings (SSSR count). The Morgan fingerprint density at radius 3 is 1.34 bits per heavy atom. The molecule has 0 bridgehead atoms. The quantitative estimate of drug-likeness (QED) is 0.284. The average molecular weight is 518 g/mol. The van der Waals surface area contributed by atoms with E-state index >= 15 is 0 Å². The van der Waals surface area contributed by atoms with Gasteiger partial charge in [0.15, 0.2) is 0 Å². The maximum atomic E-state index is 9.37. The molecular weight excluding hydrogens is 496 g/mol. The topological polar surface area (TPSA) is 47.6 Å². The number of rotatable bonds is 4. The van der Waals surface area contributed by atoms with Crippen molar-refractivity contribution in [1.82, 2.24) is 0 Å². The third-order valence-corrected chi connectivity index (χ3v) is 4.75. The van der Waals surface area contributed by atoms with Gasteiger partial charge in [-0.2, -0.15) is 10.5 Å². The molecule has 4 saturated carbocycles. The van der Waals surface area contributed by atoms with Crippen LogP contribution >= 0.6 is 11.8 Å². The van der Waals surface area contributed by atoms with Crippen LogP contribution < -0.4 is 0 Å². The summed E-state index contributed by atoms with van der Waals surface area (Å²) in [5.74, 6) is 1.91. The second-order valence-corrected chi connectivity index (χ2v) is 6.80. The fraction of sp³-hybridized carbons (Fsp3) is 0.0370. The second kappa shape index (κ2) is 20.2. The monoisotopic (exact) mass is 518 g/mol. The van der Waals surface area contributed by atoms with E-state index in [1.54, 1.807) is 0 Å². The normalized spacial score (nSPS) is 21.5. The van der Waals surface area contributed by atoms with Crippen molar-refractivity contribution in [2.45, 2.75) is 0 Å². The molecule has 0 aromatic rings. The first kappa shape index (κ1) is 31.8. The summed E-state index contributed by atoms with van der Waals surface area (Å²) in [6.45, 7) is 0. The zero-order chi connectivity index (χ0) is 21.4. The van der Waals surface area contributed by atoms with E-state index in [1.165, 1.54) is 17.8 Å². The van der Waals surface area contributed by atoms with Gasteiger partial charge >= 0.3 is 34.1 Å². The Hall–Kier alpha value is -0.151. The predicted molar refractivity (Wildman–Crippen MR) is 124 cm³/mol. The smallest absolute Gasteiger partial charge is 0.193 e. The van der Waals surface area contributed by atoms with Crippen LogP contribution in [0.25, 0.3) is 0 Å². The molecule has 4 aliphatic rings. The minimum atomic E-state index is 0. The van der Waals surface area contributed by atoms with Gasteiger partial charge < -0.3 is 0 Å². The van der Waals surface area contributed by atoms with E-state index in [0.29, 0.717) is 4.91 Å². The Morgan fingerprint density at radius 1 is 0.656 bits per heavy atom. The molecule has 0 aromatic heterocycles. The molecule has 0 aromatic carbocycles. The fourth-order valence-corrected chi connectivity index (χ4v) is 3.24. The summed E-state index contributed by atoms with van der Waals surface area (Å²) in [6.07, 6.45) is 38.9. The second-order valence-electron chi connectivity index (χ2n) is 5.98. The van der Waals surface area contributed by atoms with Gasteiger partial charge in [0.25, 0.3) is 0 Å². The van der Waals surface area contributed by atoms with Gasteiger partial charge in [0.05, 0.1) is 11.0 Å². The number of nitrogens with zero attached hydrogens (tertiary/aromatic N) is 2. The van der Waals surface area contributed by atoms with Crippen LogP contribution in [0.15, 0.2) is 22.1 Å². The van der Waals surface area contributed by atoms with Gasteiger partial charge in [-0.3, -0.25) is 0 Å². The molecule has 0 atom stereocenters. The number of hydrogen-bond donors (Lipinski definition) is 0. The largest absolute Gasteiger partial charge is 2.00 e. The first-order chi connectivity index (χ1) is 14.8. The molecule has 0 spiro atoms. The van der Waals surface area contributed by atoms with E-state index < -0.39 is 0 Å². The maximum Gasteiger partial charge on any atom is 2.00 e. The third-order valence-electron chi connectivity index (χ3n) is 4.05. The summed E-state index contributed by atoms with van der Waals surface area (Å²) in [7, 11) is 0. The van der Waals surface area contributed by atoms with E-state index in [2.05, 4.69) is 12.1 Å². The number of hydrogen-bond acceptors (Lipinski definition) is 3. The van der Waals surface area contributed by atoms with E-state index in [9.17, 15) is 5.26 Å². The van der Waals surface area contributed by atoms with Crippen LogP contribution in [-0.4, -0.2) is 6.26 Å². The SMILES string of the molecule is CS/C(C#N)=C([C]1[CH][CH][CH][CH]1)/C(=C\C#N)[C]1[CH][CH][CH][CH]1.[CH]1[CH][CH][CH][CH]1.[CH]1[CH][CH][CH][CH]1.[Fe+2].[Fe+2]. The number of thioether (sulfide) groups is 1. The molecule has 4 fully saturated rings. The number of nitriles is 2. The summed E-state index contributed by atoms with van der Waals surface area (Å²) in [6, 6.07) is 4.32. The van der Waals surface area contributed by atoms with Gasteiger partial charge in [-0.1, -0.05) is 0 Å². The van der Waals surface area contributed by atoms with Crippen molar-refractivity contribution in [3.05, 3.63) is 150 Å². The van der Waals surface area contributed by atoms with Gasteiger partial charge in [0.2, 0.25) is 0 Å². The van der Waals surface area contributed by atoms with Crippen molar-refractivity contribution in [3.63, 3.8) is 0 Å². The molecule has 0 N–H and O–H groups in total. The first-order valence-electron chi connectivity index (χ1n) is 9.37. The molecule has 2 nitrogen and oxygen atoms in total. The zero-order valence-electron chi connectivity index (χ0n) is 17.5. The Balaban J connectivity index is 0.000000657. The molecule has 0 aliphatic heterocycles. The van der Waals surface area contributed by atoms with Crippen LogP contribution in [-0.2, 0) is 34.1 Å². The molecule has 32 heavy (non-hydrogen) atoms. The van der Waals surface area contributed by atoms with Crippen molar-refractivity contribution >= 4 is 11.8 Å². The van der Waals surface area contributed by atoms with Crippen LogP contribution in [0.1, 0.15) is 0 Å². The van der Waals surface area contributed by atoms with E-state index in [1.807, 2.05) is 122 Å². The summed E-state index contributed by atoms with van der Waals surface area (Å²) in [5, 5.41) is 18.4. The standard InChI is InChI=1S/C17H12N2S.2C5H5.2Fe/c1-20-16(12-19)17(14-8-4-5-9-14)15(10-11-18)13-6-2-3-7-13;2*1-2-4-5-3-1;;/h2-10H,1H3;2*1-5H;;/q;;;2*+2/b15-10-,17-16+;;;;. The molecule has 20 radical (unpaired) electrons. The Bertz CT molecular complexity index is 600. The van der Waals surface area contributed by atoms with E-state index in [4.69, 9.17) is 5.26 Å². The fourth-order valence-electron chi connectivity index (χ4n) is 2.71. The van der Waals surface area contributed by atoms with Crippen molar-refractivity contribution < 1.29 is 34.1 Å². The van der Waals surface area contributed by atoms with Crippen molar-refractivity contribution in [2.75, 3.05) is 6.26 Å². The van der Waals surface area contributed by atoms with E-state index in [-0.39, 0.29) is 34.1 Å². The Morgan fingerprint density at radius 2 is 1.03 bits per heavy atom. The zero-order valence-corrected chi connectivity index (χ0v) is 20.5. The van der Waals surface area contributed by atoms with Crippen LogP contribution in [0.4, 0.5) is 0 Å². The van der Waals surface area contributed by atoms with Crippen LogP contribution in [0.2, 0.25) is 0 Å². The summed E-state index contributed by atoms with van der Waals surface area (Å²) < 4.78 is 0. The van der Waals surface area contributed by atoms with Crippen LogP contribution in [0, 0.1) is 150 Å². The first-order valence-corrected chi connectivity index (χ1v) is 10.6. The van der Waals surface area contributed by atoms with Gasteiger partial charge in [-0.15, -0.1) is 11.8 Å². The van der Waals surface area contributed by atoms with Crippen LogP contribution in [0.3, 0.4) is 0 Å². The van der Waals surface area contributed by atoms with Gasteiger partial charge in [0.1, 0.15) is 6.07 Å². The average Bonchev–Trinajstić information content (AvgIpc) is 3.60. The van der Waals surface area contributed by atoms with Crippen LogP contribution in [0.5, 0.6) is 0 Å². The van der Waals surface area contributed by atoms with Crippen molar-refractivity contribution in [3.8, 4) is 12.1 Å². The molecule has 0 saturated heterocycles. The van der Waals surface area contributed by atoms with Gasteiger partial charge in [-0.25, -0.2) is 0 Å². The van der Waals surface area contributed by atoms with Gasteiger partial charge in [0, 0.05) is 17.9 Å². The predicted octanol–water partition coefficient (Wildman–Crippen LogP) is 5.43. The van der Waals surface area contributed by atoms with Crippen molar-refractivity contribution in [1.29, 1.82) is 10.5 Å². The molecule has 0 unspecified atom stereocenters. The minimum absolute atomic E-state index is 0. The Kier molecular flexibility index (Phi) is 20.1. The number of allylic oxidation sites excluding steroid dienone is 4. The summed E-state index contributed by atoms with van der Waals surface area (Å²) in [4.78, 5) is 0.610. The Labute approximate surface area is 223 Å². The third kappa shape index (κ3) is 11.3. The van der Waals surface area contributed by atoms with Crippen molar-refractivity contribution in [2.24, 2.45) is 0 Å². The van der Waals surface area contributed by atoms with E-state index in [0.717, 1.165) is 23.0 Å². The molecule has 0 amide bonds. The molecule has 0 heterocycles. The summed E-state index contributed by atoms with van der Waals surface area (Å²) in [5.41, 5.74) is 1.60. The summed E-state index contributed by atoms with van der Waals surface area (Å²) >= 11 is 1.40. The molecule has 4 aliphatic carbocycles. The molecule has 5 heteroatoms. The maximum absolute atomic E-state index is 9.37. The minimum Gasteiger partial charge on any atom is -0.193 e. The molecular formula is C27H22Fe2N2S+4. The molecule has 158 valence electrons. The van der Waals surface area contributed by atoms with Gasteiger partial charge in [-0.05, 0) is 133 Å².